The molecule has 0 aromatic rings. The molecule has 0 radical (unpaired) electrons. The number of amides is 1. The van der Waals surface area contributed by atoms with E-state index in [9.17, 15) is 4.79 Å². The molecular formula is C13H23N3O. The lowest BCUT2D eigenvalue weighted by Crippen LogP contribution is -2.52. The van der Waals surface area contributed by atoms with Gasteiger partial charge in [0.25, 0.3) is 0 Å². The highest BCUT2D eigenvalue weighted by Crippen LogP contribution is 2.28. The van der Waals surface area contributed by atoms with Crippen molar-refractivity contribution < 1.29 is 4.79 Å². The molecule has 3 aliphatic rings. The van der Waals surface area contributed by atoms with Crippen LogP contribution in [0.2, 0.25) is 0 Å². The van der Waals surface area contributed by atoms with Crippen molar-refractivity contribution in [1.82, 2.24) is 15.1 Å². The smallest absolute Gasteiger partial charge is 0.222 e. The number of nitrogens with zero attached hydrogens (tertiary/aromatic N) is 2. The van der Waals surface area contributed by atoms with Crippen LogP contribution in [0.4, 0.5) is 0 Å². The zero-order valence-electron chi connectivity index (χ0n) is 10.7. The lowest BCUT2D eigenvalue weighted by molar-refractivity contribution is -0.132. The predicted molar refractivity (Wildman–Crippen MR) is 66.8 cm³/mol. The van der Waals surface area contributed by atoms with Gasteiger partial charge in [-0.15, -0.1) is 0 Å². The number of likely N-dealkylation sites (N-methyl/N-ethyl adjacent to an activating group) is 1. The van der Waals surface area contributed by atoms with Crippen LogP contribution < -0.4 is 5.32 Å². The van der Waals surface area contributed by atoms with Gasteiger partial charge in [-0.3, -0.25) is 9.69 Å². The molecule has 17 heavy (non-hydrogen) atoms. The standard InChI is InChI=1S/C13H23N3O/c1-15-9-10(4-5-13(15)17)14-11-6-8-16-7-2-3-12(11)16/h10-12,14H,2-9H2,1H3. The number of fused-ring (bicyclic) bond motifs is 1. The molecule has 0 aliphatic carbocycles. The molecular weight excluding hydrogens is 214 g/mol. The second-order valence-electron chi connectivity index (χ2n) is 5.82. The predicted octanol–water partition coefficient (Wildman–Crippen LogP) is 0.433. The van der Waals surface area contributed by atoms with E-state index in [-0.39, 0.29) is 0 Å². The third-order valence-electron chi connectivity index (χ3n) is 4.68. The lowest BCUT2D eigenvalue weighted by atomic mass is 10.0. The summed E-state index contributed by atoms with van der Waals surface area (Å²) in [7, 11) is 1.92. The zero-order valence-corrected chi connectivity index (χ0v) is 10.7. The van der Waals surface area contributed by atoms with Gasteiger partial charge in [0, 0.05) is 44.7 Å². The highest BCUT2D eigenvalue weighted by molar-refractivity contribution is 5.76. The van der Waals surface area contributed by atoms with Gasteiger partial charge in [0.15, 0.2) is 0 Å². The molecule has 3 fully saturated rings. The van der Waals surface area contributed by atoms with Crippen LogP contribution in [0, 0.1) is 0 Å². The number of piperidine rings is 1. The number of hydrogen-bond donors (Lipinski definition) is 1. The lowest BCUT2D eigenvalue weighted by Gasteiger charge is -2.33. The fraction of sp³-hybridized carbons (Fsp3) is 0.923. The summed E-state index contributed by atoms with van der Waals surface area (Å²) < 4.78 is 0. The molecule has 3 unspecified atom stereocenters. The summed E-state index contributed by atoms with van der Waals surface area (Å²) in [5.74, 6) is 0.303. The van der Waals surface area contributed by atoms with Crippen molar-refractivity contribution in [3.8, 4) is 0 Å². The molecule has 1 amide bonds. The number of carbonyl (C=O) groups is 1. The van der Waals surface area contributed by atoms with Crippen molar-refractivity contribution in [3.05, 3.63) is 0 Å². The number of carbonyl (C=O) groups excluding carboxylic acids is 1. The molecule has 3 saturated heterocycles. The Morgan fingerprint density at radius 2 is 2.12 bits per heavy atom. The first-order chi connectivity index (χ1) is 8.24. The summed E-state index contributed by atoms with van der Waals surface area (Å²) in [5, 5.41) is 3.80. The summed E-state index contributed by atoms with van der Waals surface area (Å²) in [4.78, 5) is 16.0. The third-order valence-corrected chi connectivity index (χ3v) is 4.68. The molecule has 0 saturated carbocycles. The van der Waals surface area contributed by atoms with Crippen LogP contribution in [0.5, 0.6) is 0 Å². The first kappa shape index (κ1) is 11.5. The van der Waals surface area contributed by atoms with Gasteiger partial charge in [-0.1, -0.05) is 0 Å². The van der Waals surface area contributed by atoms with Gasteiger partial charge in [0.1, 0.15) is 0 Å². The van der Waals surface area contributed by atoms with Crippen molar-refractivity contribution in [3.63, 3.8) is 0 Å². The van der Waals surface area contributed by atoms with Crippen LogP contribution in [0.1, 0.15) is 32.1 Å². The highest BCUT2D eigenvalue weighted by atomic mass is 16.2. The first-order valence-electron chi connectivity index (χ1n) is 6.98. The second kappa shape index (κ2) is 4.58. The van der Waals surface area contributed by atoms with Crippen molar-refractivity contribution in [2.75, 3.05) is 26.7 Å². The van der Waals surface area contributed by atoms with Crippen molar-refractivity contribution >= 4 is 5.91 Å². The fourth-order valence-electron chi connectivity index (χ4n) is 3.73. The van der Waals surface area contributed by atoms with Gasteiger partial charge >= 0.3 is 0 Å². The Labute approximate surface area is 103 Å². The van der Waals surface area contributed by atoms with Gasteiger partial charge in [0.05, 0.1) is 0 Å². The maximum Gasteiger partial charge on any atom is 0.222 e. The van der Waals surface area contributed by atoms with Crippen LogP contribution in [0.25, 0.3) is 0 Å². The van der Waals surface area contributed by atoms with E-state index in [2.05, 4.69) is 10.2 Å². The molecule has 3 heterocycles. The molecule has 1 N–H and O–H groups in total. The Kier molecular flexibility index (Phi) is 3.09. The Balaban J connectivity index is 1.55. The first-order valence-corrected chi connectivity index (χ1v) is 6.98. The fourth-order valence-corrected chi connectivity index (χ4v) is 3.73. The summed E-state index contributed by atoms with van der Waals surface area (Å²) in [6, 6.07) is 1.96. The molecule has 3 aliphatic heterocycles. The molecule has 0 aromatic carbocycles. The van der Waals surface area contributed by atoms with E-state index in [1.54, 1.807) is 0 Å². The van der Waals surface area contributed by atoms with E-state index in [0.29, 0.717) is 18.0 Å². The van der Waals surface area contributed by atoms with Crippen molar-refractivity contribution in [2.45, 2.75) is 50.2 Å². The Bertz CT molecular complexity index is 307. The van der Waals surface area contributed by atoms with Gasteiger partial charge in [-0.25, -0.2) is 0 Å². The van der Waals surface area contributed by atoms with E-state index in [1.165, 1.54) is 32.4 Å². The molecule has 96 valence electrons. The molecule has 0 spiro atoms. The monoisotopic (exact) mass is 237 g/mol. The third kappa shape index (κ3) is 2.20. The van der Waals surface area contributed by atoms with E-state index < -0.39 is 0 Å². The zero-order chi connectivity index (χ0) is 11.8. The molecule has 0 aromatic heterocycles. The normalized spacial score (nSPS) is 38.8. The largest absolute Gasteiger partial charge is 0.344 e. The average Bonchev–Trinajstić information content (AvgIpc) is 2.88. The van der Waals surface area contributed by atoms with Crippen LogP contribution in [-0.4, -0.2) is 60.5 Å². The SMILES string of the molecule is CN1CC(NC2CCN3CCCC23)CCC1=O. The Morgan fingerprint density at radius 3 is 2.94 bits per heavy atom. The van der Waals surface area contributed by atoms with Gasteiger partial charge in [-0.05, 0) is 32.2 Å². The van der Waals surface area contributed by atoms with Crippen LogP contribution >= 0.6 is 0 Å². The summed E-state index contributed by atoms with van der Waals surface area (Å²) in [5.41, 5.74) is 0. The van der Waals surface area contributed by atoms with Crippen LogP contribution in [0.3, 0.4) is 0 Å². The summed E-state index contributed by atoms with van der Waals surface area (Å²) in [6.07, 6.45) is 5.76. The van der Waals surface area contributed by atoms with Crippen LogP contribution in [-0.2, 0) is 4.79 Å². The quantitative estimate of drug-likeness (QED) is 0.757. The molecule has 0 bridgehead atoms. The number of rotatable bonds is 2. The summed E-state index contributed by atoms with van der Waals surface area (Å²) >= 11 is 0. The number of nitrogens with one attached hydrogen (secondary N) is 1. The molecule has 4 nitrogen and oxygen atoms in total. The minimum absolute atomic E-state index is 0.303. The second-order valence-corrected chi connectivity index (χ2v) is 5.82. The van der Waals surface area contributed by atoms with E-state index >= 15 is 0 Å². The molecule has 4 heteroatoms. The number of hydrogen-bond acceptors (Lipinski definition) is 3. The minimum Gasteiger partial charge on any atom is -0.344 e. The van der Waals surface area contributed by atoms with Crippen molar-refractivity contribution in [1.29, 1.82) is 0 Å². The Morgan fingerprint density at radius 1 is 1.24 bits per heavy atom. The van der Waals surface area contributed by atoms with E-state index in [1.807, 2.05) is 11.9 Å². The average molecular weight is 237 g/mol. The van der Waals surface area contributed by atoms with E-state index in [4.69, 9.17) is 0 Å². The maximum absolute atomic E-state index is 11.4. The topological polar surface area (TPSA) is 35.6 Å². The van der Waals surface area contributed by atoms with Crippen LogP contribution in [0.15, 0.2) is 0 Å². The van der Waals surface area contributed by atoms with E-state index in [0.717, 1.165) is 25.4 Å². The number of likely N-dealkylation sites (tertiary alicyclic amines) is 1. The van der Waals surface area contributed by atoms with Gasteiger partial charge in [-0.2, -0.15) is 0 Å². The van der Waals surface area contributed by atoms with Crippen molar-refractivity contribution in [2.24, 2.45) is 0 Å². The highest BCUT2D eigenvalue weighted by Gasteiger charge is 2.38. The molecule has 3 atom stereocenters. The molecule has 3 rings (SSSR count). The maximum atomic E-state index is 11.4. The van der Waals surface area contributed by atoms with Gasteiger partial charge < -0.3 is 10.2 Å². The summed E-state index contributed by atoms with van der Waals surface area (Å²) in [6.45, 7) is 3.46. The van der Waals surface area contributed by atoms with Gasteiger partial charge in [0.2, 0.25) is 5.91 Å². The Hall–Kier alpha value is -0.610. The minimum atomic E-state index is 0.303.